The van der Waals surface area contributed by atoms with Crippen LogP contribution in [0, 0.1) is 0 Å². The number of hydrogen-bond acceptors (Lipinski definition) is 8. The minimum Gasteiger partial charge on any atom is -0.279 e. The zero-order chi connectivity index (χ0) is 19.5. The topological polar surface area (TPSA) is 78.0 Å². The van der Waals surface area contributed by atoms with E-state index >= 15 is 0 Å². The molecule has 5 heterocycles. The van der Waals surface area contributed by atoms with Gasteiger partial charge in [-0.2, -0.15) is 0 Å². The molecule has 7 nitrogen and oxygen atoms in total. The number of aromatic nitrogens is 6. The highest BCUT2D eigenvalue weighted by Crippen LogP contribution is 2.39. The lowest BCUT2D eigenvalue weighted by Crippen LogP contribution is -2.19. The third-order valence-electron chi connectivity index (χ3n) is 5.45. The van der Waals surface area contributed by atoms with E-state index in [4.69, 9.17) is 0 Å². The summed E-state index contributed by atoms with van der Waals surface area (Å²) in [6.45, 7) is 0. The Morgan fingerprint density at radius 1 is 1.21 bits per heavy atom. The van der Waals surface area contributed by atoms with Gasteiger partial charge in [-0.1, -0.05) is 11.8 Å². The van der Waals surface area contributed by atoms with Crippen molar-refractivity contribution in [3.63, 3.8) is 0 Å². The first-order valence-electron chi connectivity index (χ1n) is 9.40. The molecular formula is C19H16N6OS3. The molecule has 0 atom stereocenters. The summed E-state index contributed by atoms with van der Waals surface area (Å²) in [5, 5.41) is 12.8. The predicted octanol–water partition coefficient (Wildman–Crippen LogP) is 3.82. The van der Waals surface area contributed by atoms with E-state index in [9.17, 15) is 4.79 Å². The summed E-state index contributed by atoms with van der Waals surface area (Å²) in [7, 11) is 1.74. The molecule has 0 N–H and O–H groups in total. The van der Waals surface area contributed by atoms with Gasteiger partial charge >= 0.3 is 0 Å². The van der Waals surface area contributed by atoms with E-state index in [1.807, 2.05) is 27.2 Å². The number of hydrogen-bond donors (Lipinski definition) is 0. The molecule has 0 unspecified atom stereocenters. The van der Waals surface area contributed by atoms with Crippen molar-refractivity contribution in [2.75, 3.05) is 0 Å². The van der Waals surface area contributed by atoms with Gasteiger partial charge in [-0.25, -0.2) is 9.97 Å². The van der Waals surface area contributed by atoms with Crippen LogP contribution in [0.2, 0.25) is 0 Å². The lowest BCUT2D eigenvalue weighted by molar-refractivity contribution is 0.699. The molecule has 29 heavy (non-hydrogen) atoms. The van der Waals surface area contributed by atoms with Crippen LogP contribution in [-0.2, 0) is 25.6 Å². The smallest absolute Gasteiger partial charge is 0.272 e. The Morgan fingerprint density at radius 3 is 3.03 bits per heavy atom. The predicted molar refractivity (Wildman–Crippen MR) is 117 cm³/mol. The third kappa shape index (κ3) is 2.59. The van der Waals surface area contributed by atoms with Crippen molar-refractivity contribution in [3.8, 4) is 0 Å². The van der Waals surface area contributed by atoms with Crippen molar-refractivity contribution in [3.05, 3.63) is 44.4 Å². The van der Waals surface area contributed by atoms with Gasteiger partial charge in [-0.05, 0) is 42.7 Å². The fourth-order valence-electron chi connectivity index (χ4n) is 4.05. The molecule has 10 heteroatoms. The molecule has 1 aliphatic rings. The summed E-state index contributed by atoms with van der Waals surface area (Å²) in [4.78, 5) is 24.2. The van der Waals surface area contributed by atoms with Crippen LogP contribution < -0.4 is 5.56 Å². The summed E-state index contributed by atoms with van der Waals surface area (Å²) < 4.78 is 4.28. The van der Waals surface area contributed by atoms with Crippen molar-refractivity contribution in [1.29, 1.82) is 0 Å². The summed E-state index contributed by atoms with van der Waals surface area (Å²) in [5.74, 6) is 2.01. The summed E-state index contributed by atoms with van der Waals surface area (Å²) in [6, 6.07) is 1.96. The highest BCUT2D eigenvalue weighted by atomic mass is 32.2. The Labute approximate surface area is 177 Å². The van der Waals surface area contributed by atoms with E-state index < -0.39 is 0 Å². The fourth-order valence-corrected chi connectivity index (χ4v) is 7.13. The van der Waals surface area contributed by atoms with Gasteiger partial charge in [0.25, 0.3) is 5.56 Å². The second-order valence-electron chi connectivity index (χ2n) is 7.11. The van der Waals surface area contributed by atoms with Gasteiger partial charge in [0.05, 0.1) is 11.3 Å². The van der Waals surface area contributed by atoms with E-state index in [2.05, 4.69) is 20.2 Å². The second-order valence-corrected chi connectivity index (χ2v) is 10.1. The van der Waals surface area contributed by atoms with Crippen LogP contribution in [0.15, 0.2) is 27.6 Å². The van der Waals surface area contributed by atoms with Crippen molar-refractivity contribution < 1.29 is 0 Å². The number of rotatable bonds is 3. The van der Waals surface area contributed by atoms with Crippen LogP contribution in [0.3, 0.4) is 0 Å². The van der Waals surface area contributed by atoms with Crippen molar-refractivity contribution >= 4 is 60.6 Å². The summed E-state index contributed by atoms with van der Waals surface area (Å²) >= 11 is 4.93. The van der Waals surface area contributed by atoms with E-state index in [0.29, 0.717) is 11.5 Å². The molecule has 6 rings (SSSR count). The minimum atomic E-state index is -0.0310. The Hall–Kier alpha value is -2.30. The maximum absolute atomic E-state index is 12.5. The molecule has 146 valence electrons. The van der Waals surface area contributed by atoms with E-state index in [0.717, 1.165) is 38.7 Å². The number of thiophene rings is 2. The van der Waals surface area contributed by atoms with Gasteiger partial charge < -0.3 is 0 Å². The quantitative estimate of drug-likeness (QED) is 0.314. The minimum absolute atomic E-state index is 0.0310. The Balaban J connectivity index is 1.45. The highest BCUT2D eigenvalue weighted by molar-refractivity contribution is 7.98. The first-order valence-corrected chi connectivity index (χ1v) is 12.1. The lowest BCUT2D eigenvalue weighted by atomic mass is 9.97. The summed E-state index contributed by atoms with van der Waals surface area (Å²) in [6.07, 6.45) is 6.42. The maximum atomic E-state index is 12.5. The van der Waals surface area contributed by atoms with Crippen LogP contribution >= 0.6 is 34.4 Å². The van der Waals surface area contributed by atoms with Crippen LogP contribution in [-0.4, -0.2) is 29.1 Å². The van der Waals surface area contributed by atoms with Gasteiger partial charge in [-0.3, -0.25) is 13.8 Å². The summed E-state index contributed by atoms with van der Waals surface area (Å²) in [5.41, 5.74) is 2.28. The Morgan fingerprint density at radius 2 is 2.10 bits per heavy atom. The van der Waals surface area contributed by atoms with E-state index in [1.165, 1.54) is 40.0 Å². The number of fused-ring (bicyclic) bond motifs is 6. The molecule has 0 amide bonds. The van der Waals surface area contributed by atoms with Gasteiger partial charge in [0, 0.05) is 17.3 Å². The lowest BCUT2D eigenvalue weighted by Gasteiger charge is -2.11. The maximum Gasteiger partial charge on any atom is 0.272 e. The van der Waals surface area contributed by atoms with E-state index in [-0.39, 0.29) is 5.56 Å². The first-order chi connectivity index (χ1) is 14.2. The molecule has 0 spiro atoms. The molecule has 0 aliphatic heterocycles. The highest BCUT2D eigenvalue weighted by Gasteiger charge is 2.21. The van der Waals surface area contributed by atoms with Gasteiger partial charge in [0.2, 0.25) is 5.78 Å². The standard InChI is InChI=1S/C19H16N6OS3/c1-24-18(26)15-11(6-7-27-15)25-13(22-23-19(24)25)8-28-16-14-10-4-2-3-5-12(10)29-17(14)21-9-20-16/h6-7,9H,2-5,8H2,1H3. The molecule has 1 aliphatic carbocycles. The average molecular weight is 441 g/mol. The van der Waals surface area contributed by atoms with Crippen LogP contribution in [0.4, 0.5) is 0 Å². The number of aryl methyl sites for hydroxylation is 3. The Bertz CT molecular complexity index is 1460. The first kappa shape index (κ1) is 17.5. The molecule has 0 fully saturated rings. The van der Waals surface area contributed by atoms with Gasteiger partial charge in [0.15, 0.2) is 0 Å². The molecule has 0 saturated carbocycles. The average Bonchev–Trinajstić information content (AvgIpc) is 3.46. The zero-order valence-electron chi connectivity index (χ0n) is 15.6. The largest absolute Gasteiger partial charge is 0.279 e. The normalized spacial score (nSPS) is 14.2. The molecule has 5 aromatic heterocycles. The molecule has 0 radical (unpaired) electrons. The second kappa shape index (κ2) is 6.61. The van der Waals surface area contributed by atoms with Crippen LogP contribution in [0.5, 0.6) is 0 Å². The SMILES string of the molecule is Cn1c(=O)c2sccc2n2c(CSc3ncnc4sc5c(c34)CCCC5)nnc12. The monoisotopic (exact) mass is 440 g/mol. The third-order valence-corrected chi connectivity index (χ3v) is 8.53. The zero-order valence-corrected chi connectivity index (χ0v) is 18.0. The molecular weight excluding hydrogens is 424 g/mol. The molecule has 0 aromatic carbocycles. The number of nitrogens with zero attached hydrogens (tertiary/aromatic N) is 6. The van der Waals surface area contributed by atoms with Crippen molar-refractivity contribution in [2.45, 2.75) is 36.5 Å². The van der Waals surface area contributed by atoms with Crippen molar-refractivity contribution in [1.82, 2.24) is 29.1 Å². The number of thioether (sulfide) groups is 1. The van der Waals surface area contributed by atoms with Crippen LogP contribution in [0.1, 0.15) is 29.1 Å². The van der Waals surface area contributed by atoms with Gasteiger partial charge in [0.1, 0.15) is 26.7 Å². The molecule has 5 aromatic rings. The van der Waals surface area contributed by atoms with E-state index in [1.54, 1.807) is 29.7 Å². The van der Waals surface area contributed by atoms with Crippen LogP contribution in [0.25, 0.3) is 26.2 Å². The molecule has 0 saturated heterocycles. The van der Waals surface area contributed by atoms with Crippen molar-refractivity contribution in [2.24, 2.45) is 7.05 Å². The Kier molecular flexibility index (Phi) is 4.00. The molecule has 0 bridgehead atoms. The van der Waals surface area contributed by atoms with Gasteiger partial charge in [-0.15, -0.1) is 32.9 Å². The fraction of sp³-hybridized carbons (Fsp3) is 0.316.